The van der Waals surface area contributed by atoms with E-state index in [0.29, 0.717) is 11.5 Å². The van der Waals surface area contributed by atoms with Crippen molar-refractivity contribution in [2.24, 2.45) is 0 Å². The molecule has 25 heavy (non-hydrogen) atoms. The van der Waals surface area contributed by atoms with Crippen molar-refractivity contribution >= 4 is 20.8 Å². The summed E-state index contributed by atoms with van der Waals surface area (Å²) in [5.41, 5.74) is 0. The molecule has 2 unspecified atom stereocenters. The molecule has 6 heteroatoms. The van der Waals surface area contributed by atoms with Crippen LogP contribution in [0.25, 0.3) is 10.8 Å². The molecule has 2 aliphatic heterocycles. The summed E-state index contributed by atoms with van der Waals surface area (Å²) >= 11 is 0. The van der Waals surface area contributed by atoms with Crippen LogP contribution in [0.5, 0.6) is 5.75 Å². The van der Waals surface area contributed by atoms with Gasteiger partial charge in [0.1, 0.15) is 5.75 Å². The topological polar surface area (TPSA) is 58.6 Å². The zero-order chi connectivity index (χ0) is 17.4. The number of nitrogens with one attached hydrogen (secondary N) is 1. The number of fused-ring (bicyclic) bond motifs is 3. The Labute approximate surface area is 149 Å². The van der Waals surface area contributed by atoms with Gasteiger partial charge in [-0.2, -0.15) is 4.31 Å². The maximum atomic E-state index is 13.5. The fraction of sp³-hybridized carbons (Fsp3) is 0.474. The molecule has 1 N–H and O–H groups in total. The highest BCUT2D eigenvalue weighted by Crippen LogP contribution is 2.38. The van der Waals surface area contributed by atoms with Crippen LogP contribution in [0.4, 0.5) is 0 Å². The summed E-state index contributed by atoms with van der Waals surface area (Å²) in [5.74, 6) is 0.734. The lowest BCUT2D eigenvalue weighted by molar-refractivity contribution is 0.334. The maximum Gasteiger partial charge on any atom is 0.244 e. The molecular weight excluding hydrogens is 336 g/mol. The van der Waals surface area contributed by atoms with Crippen LogP contribution in [0.15, 0.2) is 41.3 Å². The van der Waals surface area contributed by atoms with E-state index in [9.17, 15) is 8.42 Å². The number of sulfonamides is 1. The molecule has 2 bridgehead atoms. The Hall–Kier alpha value is -1.63. The van der Waals surface area contributed by atoms with Gasteiger partial charge in [-0.1, -0.05) is 24.3 Å². The zero-order valence-corrected chi connectivity index (χ0v) is 15.3. The minimum atomic E-state index is -3.54. The molecule has 2 aromatic carbocycles. The van der Waals surface area contributed by atoms with Crippen LogP contribution in [-0.4, -0.2) is 44.5 Å². The largest absolute Gasteiger partial charge is 0.493 e. The number of rotatable bonds is 4. The van der Waals surface area contributed by atoms with Crippen LogP contribution < -0.4 is 10.1 Å². The van der Waals surface area contributed by atoms with E-state index in [4.69, 9.17) is 4.74 Å². The molecule has 0 radical (unpaired) electrons. The van der Waals surface area contributed by atoms with E-state index in [2.05, 4.69) is 5.32 Å². The van der Waals surface area contributed by atoms with Crippen LogP contribution in [-0.2, 0) is 10.0 Å². The molecule has 5 nitrogen and oxygen atoms in total. The van der Waals surface area contributed by atoms with Crippen LogP contribution in [0.1, 0.15) is 26.2 Å². The van der Waals surface area contributed by atoms with Crippen molar-refractivity contribution in [3.63, 3.8) is 0 Å². The van der Waals surface area contributed by atoms with Crippen molar-refractivity contribution in [2.45, 2.75) is 43.2 Å². The van der Waals surface area contributed by atoms with E-state index in [1.54, 1.807) is 16.4 Å². The standard InChI is InChI=1S/C19H24N2O3S/c1-2-24-18-9-10-19(17-6-4-3-5-16(17)18)25(22,23)21-14-7-8-15(21)13-20-12-11-14/h3-6,9-10,14-15,20H,2,7-8,11-13H2,1H3. The van der Waals surface area contributed by atoms with Crippen LogP contribution in [0.3, 0.4) is 0 Å². The Kier molecular flexibility index (Phi) is 4.43. The summed E-state index contributed by atoms with van der Waals surface area (Å²) in [4.78, 5) is 0.394. The van der Waals surface area contributed by atoms with Crippen molar-refractivity contribution in [3.05, 3.63) is 36.4 Å². The zero-order valence-electron chi connectivity index (χ0n) is 14.4. The first-order valence-corrected chi connectivity index (χ1v) is 10.5. The Morgan fingerprint density at radius 1 is 1.08 bits per heavy atom. The van der Waals surface area contributed by atoms with Crippen molar-refractivity contribution < 1.29 is 13.2 Å². The normalized spacial score (nSPS) is 24.4. The molecule has 0 spiro atoms. The van der Waals surface area contributed by atoms with Crippen molar-refractivity contribution in [2.75, 3.05) is 19.7 Å². The molecule has 2 fully saturated rings. The summed E-state index contributed by atoms with van der Waals surface area (Å²) in [6.07, 6.45) is 2.77. The van der Waals surface area contributed by atoms with Gasteiger partial charge < -0.3 is 10.1 Å². The molecule has 2 saturated heterocycles. The van der Waals surface area contributed by atoms with Gasteiger partial charge in [0, 0.05) is 29.4 Å². The van der Waals surface area contributed by atoms with E-state index >= 15 is 0 Å². The van der Waals surface area contributed by atoms with Crippen molar-refractivity contribution in [1.82, 2.24) is 9.62 Å². The fourth-order valence-corrected chi connectivity index (χ4v) is 6.29. The predicted octanol–water partition coefficient (Wildman–Crippen LogP) is 2.75. The van der Waals surface area contributed by atoms with Crippen LogP contribution >= 0.6 is 0 Å². The van der Waals surface area contributed by atoms with E-state index in [0.717, 1.165) is 48.9 Å². The first-order chi connectivity index (χ1) is 12.1. The summed E-state index contributed by atoms with van der Waals surface area (Å²) < 4.78 is 34.5. The van der Waals surface area contributed by atoms with Crippen molar-refractivity contribution in [1.29, 1.82) is 0 Å². The quantitative estimate of drug-likeness (QED) is 0.911. The minimum absolute atomic E-state index is 0.0582. The number of hydrogen-bond donors (Lipinski definition) is 1. The number of benzene rings is 2. The number of hydrogen-bond acceptors (Lipinski definition) is 4. The minimum Gasteiger partial charge on any atom is -0.493 e. The second-order valence-corrected chi connectivity index (χ2v) is 8.56. The first kappa shape index (κ1) is 16.8. The van der Waals surface area contributed by atoms with Crippen LogP contribution in [0.2, 0.25) is 0 Å². The molecule has 2 atom stereocenters. The monoisotopic (exact) mass is 360 g/mol. The molecule has 2 aromatic rings. The molecule has 0 saturated carbocycles. The lowest BCUT2D eigenvalue weighted by atomic mass is 10.1. The third-order valence-corrected chi connectivity index (χ3v) is 7.35. The molecular formula is C19H24N2O3S. The van der Waals surface area contributed by atoms with E-state index in [1.165, 1.54) is 0 Å². The number of ether oxygens (including phenoxy) is 1. The van der Waals surface area contributed by atoms with Crippen molar-refractivity contribution in [3.8, 4) is 5.75 Å². The number of nitrogens with zero attached hydrogens (tertiary/aromatic N) is 1. The Bertz CT molecular complexity index is 867. The van der Waals surface area contributed by atoms with E-state index < -0.39 is 10.0 Å². The molecule has 2 heterocycles. The smallest absolute Gasteiger partial charge is 0.244 e. The summed E-state index contributed by atoms with van der Waals surface area (Å²) in [6, 6.07) is 11.3. The third kappa shape index (κ3) is 2.82. The summed E-state index contributed by atoms with van der Waals surface area (Å²) in [7, 11) is -3.54. The first-order valence-electron chi connectivity index (χ1n) is 9.01. The summed E-state index contributed by atoms with van der Waals surface area (Å²) in [5, 5.41) is 4.96. The second kappa shape index (κ2) is 6.59. The van der Waals surface area contributed by atoms with E-state index in [1.807, 2.05) is 31.2 Å². The van der Waals surface area contributed by atoms with Gasteiger partial charge in [0.15, 0.2) is 0 Å². The molecule has 134 valence electrons. The summed E-state index contributed by atoms with van der Waals surface area (Å²) in [6.45, 7) is 4.11. The Balaban J connectivity index is 1.85. The molecule has 0 aromatic heterocycles. The second-order valence-electron chi connectivity index (χ2n) is 6.75. The van der Waals surface area contributed by atoms with Gasteiger partial charge in [-0.25, -0.2) is 8.42 Å². The van der Waals surface area contributed by atoms with Gasteiger partial charge in [0.05, 0.1) is 11.5 Å². The molecule has 0 amide bonds. The fourth-order valence-electron chi connectivity index (χ4n) is 4.19. The lowest BCUT2D eigenvalue weighted by Gasteiger charge is -2.27. The molecule has 0 aliphatic carbocycles. The van der Waals surface area contributed by atoms with Gasteiger partial charge in [0.2, 0.25) is 10.0 Å². The maximum absolute atomic E-state index is 13.5. The van der Waals surface area contributed by atoms with Gasteiger partial charge in [-0.15, -0.1) is 0 Å². The predicted molar refractivity (Wildman–Crippen MR) is 98.4 cm³/mol. The average molecular weight is 360 g/mol. The highest BCUT2D eigenvalue weighted by Gasteiger charge is 2.43. The third-order valence-electron chi connectivity index (χ3n) is 5.29. The lowest BCUT2D eigenvalue weighted by Crippen LogP contribution is -2.42. The highest BCUT2D eigenvalue weighted by atomic mass is 32.2. The molecule has 4 rings (SSSR count). The highest BCUT2D eigenvalue weighted by molar-refractivity contribution is 7.89. The SMILES string of the molecule is CCOc1ccc(S(=O)(=O)N2C3CCNCC2CC3)c2ccccc12. The van der Waals surface area contributed by atoms with E-state index in [-0.39, 0.29) is 12.1 Å². The Morgan fingerprint density at radius 3 is 2.64 bits per heavy atom. The Morgan fingerprint density at radius 2 is 1.84 bits per heavy atom. The van der Waals surface area contributed by atoms with Crippen LogP contribution in [0, 0.1) is 0 Å². The van der Waals surface area contributed by atoms with Gasteiger partial charge in [-0.05, 0) is 44.9 Å². The van der Waals surface area contributed by atoms with Gasteiger partial charge in [-0.3, -0.25) is 0 Å². The molecule has 2 aliphatic rings. The van der Waals surface area contributed by atoms with Gasteiger partial charge in [0.25, 0.3) is 0 Å². The van der Waals surface area contributed by atoms with Gasteiger partial charge >= 0.3 is 0 Å². The average Bonchev–Trinajstić information content (AvgIpc) is 2.89.